The van der Waals surface area contributed by atoms with Crippen molar-refractivity contribution in [1.82, 2.24) is 0 Å². The van der Waals surface area contributed by atoms with Crippen LogP contribution in [-0.2, 0) is 41.6 Å². The van der Waals surface area contributed by atoms with Crippen molar-refractivity contribution in [2.75, 3.05) is 82.0 Å². The van der Waals surface area contributed by atoms with Gasteiger partial charge in [0.2, 0.25) is 0 Å². The number of methoxy groups -OCH3 is 4. The smallest absolute Gasteiger partial charge is 0.188 e. The Kier molecular flexibility index (Phi) is 31.9. The number of hydrogen-bond acceptors (Lipinski definition) is 13. The maximum Gasteiger partial charge on any atom is 0.188 e. The normalized spacial score (nSPS) is 14.4. The molecule has 0 radical (unpaired) electrons. The molecule has 0 spiro atoms. The average molecular weight is 1140 g/mol. The Hall–Kier alpha value is -6.16. The molecule has 4 atom stereocenters. The number of ether oxygens (including phenoxy) is 11. The van der Waals surface area contributed by atoms with Crippen molar-refractivity contribution in [2.24, 2.45) is 0 Å². The SMILES string of the molecule is COCOc1ccc([C@@H](CO)[C@H](CCCCCCCCCOCc2ccccc2)c2ccc(OCOC)cc2O)cc1.COCOc1ccc([C@H]2COc3cc(OCOC)ccc3[C@H]2CCCCCCCCCOCc2ccccc2)cc1. The van der Waals surface area contributed by atoms with Crippen LogP contribution in [0.3, 0.4) is 0 Å². The highest BCUT2D eigenvalue weighted by molar-refractivity contribution is 5.47. The molecule has 6 aromatic carbocycles. The fourth-order valence-corrected chi connectivity index (χ4v) is 10.8. The number of unbranched alkanes of at least 4 members (excludes halogenated alkanes) is 12. The lowest BCUT2D eigenvalue weighted by Gasteiger charge is -2.34. The van der Waals surface area contributed by atoms with Crippen molar-refractivity contribution >= 4 is 0 Å². The zero-order valence-corrected chi connectivity index (χ0v) is 49.9. The summed E-state index contributed by atoms with van der Waals surface area (Å²) in [6, 6.07) is 48.4. The molecule has 0 amide bonds. The van der Waals surface area contributed by atoms with E-state index >= 15 is 0 Å². The van der Waals surface area contributed by atoms with Crippen molar-refractivity contribution in [3.63, 3.8) is 0 Å². The van der Waals surface area contributed by atoms with E-state index in [0.29, 0.717) is 43.2 Å². The Balaban J connectivity index is 0.000000267. The first kappa shape index (κ1) is 66.0. The van der Waals surface area contributed by atoms with Crippen LogP contribution >= 0.6 is 0 Å². The van der Waals surface area contributed by atoms with Crippen LogP contribution in [0.25, 0.3) is 0 Å². The van der Waals surface area contributed by atoms with Crippen molar-refractivity contribution in [3.8, 4) is 34.5 Å². The summed E-state index contributed by atoms with van der Waals surface area (Å²) in [4.78, 5) is 0. The van der Waals surface area contributed by atoms with Crippen LogP contribution in [-0.4, -0.2) is 92.3 Å². The lowest BCUT2D eigenvalue weighted by molar-refractivity contribution is 0.0506. The maximum atomic E-state index is 11.0. The van der Waals surface area contributed by atoms with E-state index in [4.69, 9.17) is 52.1 Å². The Morgan fingerprint density at radius 1 is 0.470 bits per heavy atom. The fourth-order valence-electron chi connectivity index (χ4n) is 10.8. The zero-order valence-electron chi connectivity index (χ0n) is 49.9. The minimum absolute atomic E-state index is 0.0311. The highest BCUT2D eigenvalue weighted by atomic mass is 16.7. The van der Waals surface area contributed by atoms with Crippen molar-refractivity contribution < 1.29 is 62.3 Å². The lowest BCUT2D eigenvalue weighted by Crippen LogP contribution is -2.24. The quantitative estimate of drug-likeness (QED) is 0.0278. The van der Waals surface area contributed by atoms with Gasteiger partial charge in [-0.25, -0.2) is 0 Å². The Morgan fingerprint density at radius 3 is 1.45 bits per heavy atom. The summed E-state index contributed by atoms with van der Waals surface area (Å²) >= 11 is 0. The molecule has 13 nitrogen and oxygen atoms in total. The summed E-state index contributed by atoms with van der Waals surface area (Å²) < 4.78 is 60.3. The van der Waals surface area contributed by atoms with E-state index in [1.54, 1.807) is 34.5 Å². The van der Waals surface area contributed by atoms with Crippen LogP contribution in [0.2, 0.25) is 0 Å². The van der Waals surface area contributed by atoms with E-state index in [-0.39, 0.29) is 51.4 Å². The van der Waals surface area contributed by atoms with Crippen LogP contribution < -0.4 is 23.7 Å². The van der Waals surface area contributed by atoms with Gasteiger partial charge in [0.15, 0.2) is 27.2 Å². The number of aliphatic hydroxyl groups excluding tert-OH is 1. The number of phenols is 1. The highest BCUT2D eigenvalue weighted by Gasteiger charge is 2.32. The molecule has 452 valence electrons. The Morgan fingerprint density at radius 2 is 0.928 bits per heavy atom. The number of hydrogen-bond donors (Lipinski definition) is 2. The number of rotatable bonds is 41. The van der Waals surface area contributed by atoms with Crippen LogP contribution in [0.5, 0.6) is 34.5 Å². The predicted octanol–water partition coefficient (Wildman–Crippen LogP) is 15.8. The maximum absolute atomic E-state index is 11.0. The van der Waals surface area contributed by atoms with Crippen molar-refractivity contribution in [1.29, 1.82) is 0 Å². The molecule has 7 rings (SSSR count). The van der Waals surface area contributed by atoms with Gasteiger partial charge in [0.25, 0.3) is 0 Å². The van der Waals surface area contributed by atoms with Gasteiger partial charge in [-0.3, -0.25) is 0 Å². The standard InChI is InChI=1S/C35H48O7.C35H46O6/c1-38-26-41-30-18-16-29(17-19-30)34(24-36)32(33-21-20-31(23-35(33)37)42-27-39-2)15-11-6-4-3-5-7-12-22-40-25-28-13-9-8-10-14-28;1-36-26-40-30-18-16-29(17-19-30)34-25-39-35-23-31(41-27-37-2)20-21-33(35)32(34)15-11-6-4-3-5-7-12-22-38-24-28-13-9-8-10-14-28/h8-10,13-14,16-21,23,32,34,36-37H,3-7,11-12,15,22,24-27H2,1-2H3;8-10,13-14,16-21,23,32,34H,3-7,11-12,15,22,24-27H2,1-2H3/t2*32-,34-/m11/s1. The Bertz CT molecular complexity index is 2580. The van der Waals surface area contributed by atoms with Gasteiger partial charge in [0, 0.05) is 65.6 Å². The second-order valence-electron chi connectivity index (χ2n) is 21.3. The summed E-state index contributed by atoms with van der Waals surface area (Å²) in [6.45, 7) is 4.42. The number of benzene rings is 6. The second kappa shape index (κ2) is 40.2. The third kappa shape index (κ3) is 24.2. The van der Waals surface area contributed by atoms with E-state index in [1.165, 1.54) is 86.5 Å². The molecule has 2 N–H and O–H groups in total. The molecular weight excluding hydrogens is 1050 g/mol. The topological polar surface area (TPSA) is 142 Å². The number of aromatic hydroxyl groups is 1. The van der Waals surface area contributed by atoms with Gasteiger partial charge >= 0.3 is 0 Å². The molecule has 1 aliphatic heterocycles. The molecule has 0 unspecified atom stereocenters. The molecule has 83 heavy (non-hydrogen) atoms. The predicted molar refractivity (Wildman–Crippen MR) is 327 cm³/mol. The van der Waals surface area contributed by atoms with Crippen LogP contribution in [0.1, 0.15) is 160 Å². The van der Waals surface area contributed by atoms with Gasteiger partial charge in [-0.15, -0.1) is 0 Å². The lowest BCUT2D eigenvalue weighted by atomic mass is 9.77. The minimum atomic E-state index is -0.172. The van der Waals surface area contributed by atoms with Gasteiger partial charge in [0.1, 0.15) is 34.5 Å². The molecule has 1 heterocycles. The third-order valence-corrected chi connectivity index (χ3v) is 15.2. The van der Waals surface area contributed by atoms with E-state index in [9.17, 15) is 10.2 Å². The van der Waals surface area contributed by atoms with Crippen molar-refractivity contribution in [3.05, 3.63) is 179 Å². The van der Waals surface area contributed by atoms with Gasteiger partial charge in [-0.1, -0.05) is 174 Å². The molecular formula is C70H94O13. The first-order chi connectivity index (χ1) is 40.9. The largest absolute Gasteiger partial charge is 0.508 e. The van der Waals surface area contributed by atoms with Crippen LogP contribution in [0, 0.1) is 0 Å². The molecule has 1 aliphatic rings. The monoisotopic (exact) mass is 1140 g/mol. The summed E-state index contributed by atoms with van der Waals surface area (Å²) in [7, 11) is 6.40. The molecule has 0 fully saturated rings. The molecule has 0 saturated carbocycles. The van der Waals surface area contributed by atoms with Gasteiger partial charge < -0.3 is 62.3 Å². The van der Waals surface area contributed by atoms with E-state index in [1.807, 2.05) is 84.9 Å². The van der Waals surface area contributed by atoms with Crippen LogP contribution in [0.15, 0.2) is 146 Å². The minimum Gasteiger partial charge on any atom is -0.508 e. The summed E-state index contributed by atoms with van der Waals surface area (Å²) in [5.74, 6) is 4.38. The van der Waals surface area contributed by atoms with E-state index < -0.39 is 0 Å². The fraction of sp³-hybridized carbons (Fsp3) is 0.486. The van der Waals surface area contributed by atoms with Crippen molar-refractivity contribution in [2.45, 2.75) is 140 Å². The van der Waals surface area contributed by atoms with Crippen LogP contribution in [0.4, 0.5) is 0 Å². The number of fused-ring (bicyclic) bond motifs is 1. The number of aliphatic hydroxyl groups is 1. The summed E-state index contributed by atoms with van der Waals surface area (Å²) in [5, 5.41) is 21.5. The zero-order chi connectivity index (χ0) is 58.4. The molecule has 13 heteroatoms. The van der Waals surface area contributed by atoms with Gasteiger partial charge in [-0.2, -0.15) is 0 Å². The average Bonchev–Trinajstić information content (AvgIpc) is 3.71. The highest BCUT2D eigenvalue weighted by Crippen LogP contribution is 2.47. The van der Waals surface area contributed by atoms with Gasteiger partial charge in [0.05, 0.1) is 26.4 Å². The molecule has 0 bridgehead atoms. The first-order valence-electron chi connectivity index (χ1n) is 30.0. The molecule has 6 aromatic rings. The molecule has 0 aromatic heterocycles. The third-order valence-electron chi connectivity index (χ3n) is 15.2. The molecule has 0 saturated heterocycles. The van der Waals surface area contributed by atoms with Gasteiger partial charge in [-0.05, 0) is 107 Å². The summed E-state index contributed by atoms with van der Waals surface area (Å²) in [6.07, 6.45) is 18.6. The molecule has 0 aliphatic carbocycles. The second-order valence-corrected chi connectivity index (χ2v) is 21.3. The Labute approximate surface area is 495 Å². The van der Waals surface area contributed by atoms with E-state index in [0.717, 1.165) is 80.1 Å². The first-order valence-corrected chi connectivity index (χ1v) is 30.0. The van der Waals surface area contributed by atoms with E-state index in [2.05, 4.69) is 54.6 Å². The summed E-state index contributed by atoms with van der Waals surface area (Å²) in [5.41, 5.74) is 6.82. The number of phenolic OH excluding ortho intramolecular Hbond substituents is 1.